The van der Waals surface area contributed by atoms with Gasteiger partial charge in [0.2, 0.25) is 0 Å². The molecule has 1 fully saturated rings. The lowest BCUT2D eigenvalue weighted by Gasteiger charge is -2.34. The van der Waals surface area contributed by atoms with Crippen molar-refractivity contribution >= 4 is 27.5 Å². The number of aliphatic hydroxyl groups excluding tert-OH is 1. The first-order chi connectivity index (χ1) is 8.04. The molecule has 0 aliphatic heterocycles. The van der Waals surface area contributed by atoms with Crippen molar-refractivity contribution in [3.63, 3.8) is 0 Å². The monoisotopic (exact) mass is 317 g/mol. The van der Waals surface area contributed by atoms with Crippen LogP contribution in [0.2, 0.25) is 5.02 Å². The number of aliphatic hydroxyl groups is 1. The number of hydrogen-bond donors (Lipinski definition) is 1. The highest BCUT2D eigenvalue weighted by Crippen LogP contribution is 2.28. The zero-order chi connectivity index (χ0) is 12.4. The van der Waals surface area contributed by atoms with Gasteiger partial charge in [-0.15, -0.1) is 0 Å². The highest BCUT2D eigenvalue weighted by Gasteiger charge is 2.27. The Labute approximate surface area is 116 Å². The van der Waals surface area contributed by atoms with Crippen LogP contribution in [0.5, 0.6) is 0 Å². The molecule has 0 saturated heterocycles. The van der Waals surface area contributed by atoms with Gasteiger partial charge in [0.25, 0.3) is 0 Å². The molecule has 0 radical (unpaired) electrons. The SMILES string of the molecule is CN(Cc1ccc(Br)cc1Cl)CC1CC(O)C1. The van der Waals surface area contributed by atoms with E-state index in [1.807, 2.05) is 12.1 Å². The van der Waals surface area contributed by atoms with E-state index in [1.165, 1.54) is 0 Å². The predicted octanol–water partition coefficient (Wildman–Crippen LogP) is 3.31. The first kappa shape index (κ1) is 13.3. The fourth-order valence-corrected chi connectivity index (χ4v) is 3.03. The quantitative estimate of drug-likeness (QED) is 0.921. The van der Waals surface area contributed by atoms with E-state index in [0.29, 0.717) is 5.92 Å². The van der Waals surface area contributed by atoms with E-state index in [9.17, 15) is 5.11 Å². The summed E-state index contributed by atoms with van der Waals surface area (Å²) in [7, 11) is 2.10. The molecule has 0 aromatic heterocycles. The second kappa shape index (κ2) is 5.70. The van der Waals surface area contributed by atoms with Crippen LogP contribution >= 0.6 is 27.5 Å². The standard InChI is InChI=1S/C13H17BrClNO/c1-16(7-9-4-12(17)5-9)8-10-2-3-11(14)6-13(10)15/h2-3,6,9,12,17H,4-5,7-8H2,1H3. The van der Waals surface area contributed by atoms with Crippen LogP contribution in [-0.4, -0.2) is 29.7 Å². The van der Waals surface area contributed by atoms with Crippen molar-refractivity contribution in [3.8, 4) is 0 Å². The second-order valence-corrected chi connectivity index (χ2v) is 6.25. The Balaban J connectivity index is 1.87. The van der Waals surface area contributed by atoms with Crippen molar-refractivity contribution < 1.29 is 5.11 Å². The highest BCUT2D eigenvalue weighted by molar-refractivity contribution is 9.10. The smallest absolute Gasteiger partial charge is 0.0546 e. The van der Waals surface area contributed by atoms with Crippen LogP contribution < -0.4 is 0 Å². The fraction of sp³-hybridized carbons (Fsp3) is 0.538. The Bertz CT molecular complexity index is 393. The molecule has 2 rings (SSSR count). The zero-order valence-corrected chi connectivity index (χ0v) is 12.2. The first-order valence-corrected chi connectivity index (χ1v) is 7.02. The van der Waals surface area contributed by atoms with Crippen molar-refractivity contribution in [3.05, 3.63) is 33.3 Å². The minimum atomic E-state index is -0.0651. The average molecular weight is 319 g/mol. The third-order valence-electron chi connectivity index (χ3n) is 3.24. The highest BCUT2D eigenvalue weighted by atomic mass is 79.9. The van der Waals surface area contributed by atoms with Gasteiger partial charge >= 0.3 is 0 Å². The van der Waals surface area contributed by atoms with E-state index in [2.05, 4.69) is 33.9 Å². The van der Waals surface area contributed by atoms with E-state index in [-0.39, 0.29) is 6.10 Å². The molecule has 0 unspecified atom stereocenters. The second-order valence-electron chi connectivity index (χ2n) is 4.92. The van der Waals surface area contributed by atoms with Gasteiger partial charge in [-0.1, -0.05) is 33.6 Å². The lowest BCUT2D eigenvalue weighted by atomic mass is 9.82. The van der Waals surface area contributed by atoms with Crippen LogP contribution in [0.15, 0.2) is 22.7 Å². The molecule has 0 amide bonds. The Hall–Kier alpha value is -0.0900. The molecule has 2 nitrogen and oxygen atoms in total. The Morgan fingerprint density at radius 2 is 2.18 bits per heavy atom. The van der Waals surface area contributed by atoms with E-state index in [1.54, 1.807) is 0 Å². The minimum Gasteiger partial charge on any atom is -0.393 e. The fourth-order valence-electron chi connectivity index (χ4n) is 2.30. The summed E-state index contributed by atoms with van der Waals surface area (Å²) in [6.45, 7) is 1.89. The van der Waals surface area contributed by atoms with Crippen molar-refractivity contribution in [1.29, 1.82) is 0 Å². The van der Waals surface area contributed by atoms with Gasteiger partial charge in [-0.25, -0.2) is 0 Å². The molecule has 1 aromatic rings. The van der Waals surface area contributed by atoms with E-state index in [0.717, 1.165) is 41.0 Å². The number of hydrogen-bond acceptors (Lipinski definition) is 2. The van der Waals surface area contributed by atoms with Crippen LogP contribution in [0.1, 0.15) is 18.4 Å². The molecule has 1 aliphatic rings. The molecule has 1 aliphatic carbocycles. The molecule has 17 heavy (non-hydrogen) atoms. The van der Waals surface area contributed by atoms with E-state index >= 15 is 0 Å². The number of halogens is 2. The summed E-state index contributed by atoms with van der Waals surface area (Å²) in [5.41, 5.74) is 1.15. The molecule has 0 heterocycles. The molecule has 4 heteroatoms. The van der Waals surface area contributed by atoms with Gasteiger partial charge in [0.05, 0.1) is 6.10 Å². The first-order valence-electron chi connectivity index (χ1n) is 5.85. The summed E-state index contributed by atoms with van der Waals surface area (Å²) in [5.74, 6) is 0.643. The van der Waals surface area contributed by atoms with Crippen LogP contribution in [-0.2, 0) is 6.54 Å². The normalized spacial score (nSPS) is 23.8. The van der Waals surface area contributed by atoms with E-state index < -0.39 is 0 Å². The van der Waals surface area contributed by atoms with Crippen LogP contribution in [0.4, 0.5) is 0 Å². The molecule has 0 bridgehead atoms. The van der Waals surface area contributed by atoms with Gasteiger partial charge in [-0.05, 0) is 43.5 Å². The maximum Gasteiger partial charge on any atom is 0.0546 e. The topological polar surface area (TPSA) is 23.5 Å². The molecule has 94 valence electrons. The third kappa shape index (κ3) is 3.68. The predicted molar refractivity (Wildman–Crippen MR) is 74.2 cm³/mol. The van der Waals surface area contributed by atoms with Crippen molar-refractivity contribution in [2.45, 2.75) is 25.5 Å². The van der Waals surface area contributed by atoms with Crippen molar-refractivity contribution in [1.82, 2.24) is 4.90 Å². The molecule has 1 aromatic carbocycles. The molecule has 1 saturated carbocycles. The summed E-state index contributed by atoms with van der Waals surface area (Å²) in [6.07, 6.45) is 1.82. The maximum absolute atomic E-state index is 9.25. The number of nitrogens with zero attached hydrogens (tertiary/aromatic N) is 1. The van der Waals surface area contributed by atoms with Crippen LogP contribution in [0.3, 0.4) is 0 Å². The molecule has 1 N–H and O–H groups in total. The Morgan fingerprint density at radius 1 is 1.47 bits per heavy atom. The summed E-state index contributed by atoms with van der Waals surface area (Å²) >= 11 is 9.59. The number of rotatable bonds is 4. The minimum absolute atomic E-state index is 0.0651. The zero-order valence-electron chi connectivity index (χ0n) is 9.87. The lowest BCUT2D eigenvalue weighted by Crippen LogP contribution is -2.36. The summed E-state index contributed by atoms with van der Waals surface area (Å²) in [5, 5.41) is 10.1. The largest absolute Gasteiger partial charge is 0.393 e. The van der Waals surface area contributed by atoms with Crippen molar-refractivity contribution in [2.75, 3.05) is 13.6 Å². The van der Waals surface area contributed by atoms with Gasteiger partial charge in [0.15, 0.2) is 0 Å². The van der Waals surface area contributed by atoms with Gasteiger partial charge in [0, 0.05) is 22.6 Å². The lowest BCUT2D eigenvalue weighted by molar-refractivity contribution is 0.0274. The summed E-state index contributed by atoms with van der Waals surface area (Å²) in [4.78, 5) is 2.27. The molecule has 0 spiro atoms. The van der Waals surface area contributed by atoms with Crippen LogP contribution in [0, 0.1) is 5.92 Å². The third-order valence-corrected chi connectivity index (χ3v) is 4.08. The molecule has 0 atom stereocenters. The summed E-state index contributed by atoms with van der Waals surface area (Å²) < 4.78 is 1.01. The van der Waals surface area contributed by atoms with Gasteiger partial charge < -0.3 is 10.0 Å². The summed E-state index contributed by atoms with van der Waals surface area (Å²) in [6, 6.07) is 6.00. The Morgan fingerprint density at radius 3 is 2.76 bits per heavy atom. The maximum atomic E-state index is 9.25. The van der Waals surface area contributed by atoms with Crippen LogP contribution in [0.25, 0.3) is 0 Å². The molecular formula is C13H17BrClNO. The van der Waals surface area contributed by atoms with Gasteiger partial charge in [-0.3, -0.25) is 0 Å². The van der Waals surface area contributed by atoms with Gasteiger partial charge in [0.1, 0.15) is 0 Å². The van der Waals surface area contributed by atoms with Crippen molar-refractivity contribution in [2.24, 2.45) is 5.92 Å². The van der Waals surface area contributed by atoms with Gasteiger partial charge in [-0.2, -0.15) is 0 Å². The average Bonchev–Trinajstić information content (AvgIpc) is 2.20. The molecular weight excluding hydrogens is 302 g/mol. The Kier molecular flexibility index (Phi) is 4.47. The number of benzene rings is 1. The van der Waals surface area contributed by atoms with E-state index in [4.69, 9.17) is 11.6 Å².